The van der Waals surface area contributed by atoms with Crippen molar-refractivity contribution in [2.75, 3.05) is 43.5 Å². The van der Waals surface area contributed by atoms with Crippen LogP contribution in [0.2, 0.25) is 5.02 Å². The lowest BCUT2D eigenvalue weighted by molar-refractivity contribution is -0.126. The van der Waals surface area contributed by atoms with E-state index in [0.717, 1.165) is 31.5 Å². The Hall–Kier alpha value is -3.52. The summed E-state index contributed by atoms with van der Waals surface area (Å²) >= 11 is 6.99. The summed E-state index contributed by atoms with van der Waals surface area (Å²) in [6.07, 6.45) is 6.04. The fourth-order valence-electron chi connectivity index (χ4n) is 5.00. The highest BCUT2D eigenvalue weighted by Gasteiger charge is 2.30. The average molecular weight is 508 g/mol. The third kappa shape index (κ3) is 4.53. The van der Waals surface area contributed by atoms with Crippen LogP contribution >= 0.6 is 11.6 Å². The number of allylic oxidation sites excluding steroid dienone is 1. The van der Waals surface area contributed by atoms with Gasteiger partial charge in [-0.2, -0.15) is 0 Å². The smallest absolute Gasteiger partial charge is 0.257 e. The summed E-state index contributed by atoms with van der Waals surface area (Å²) < 4.78 is 7.97. The van der Waals surface area contributed by atoms with Gasteiger partial charge in [0, 0.05) is 25.7 Å². The largest absolute Gasteiger partial charge is 0.488 e. The second kappa shape index (κ2) is 10.2. The van der Waals surface area contributed by atoms with Crippen LogP contribution in [0.3, 0.4) is 0 Å². The number of nitrogens with one attached hydrogen (secondary N) is 1. The van der Waals surface area contributed by atoms with E-state index in [-0.39, 0.29) is 17.9 Å². The van der Waals surface area contributed by atoms with Crippen LogP contribution in [0.5, 0.6) is 5.75 Å². The molecule has 1 atom stereocenters. The lowest BCUT2D eigenvalue weighted by Gasteiger charge is -2.29. The Morgan fingerprint density at radius 2 is 2.00 bits per heavy atom. The molecule has 0 aliphatic carbocycles. The number of hydrogen-bond donors (Lipinski definition) is 1. The number of carbonyl (C=O) groups is 2. The standard InChI is InChI=1S/C27H30ClN5O3/c1-3-9-22(34)32-13-8-7-12-19(17-32)33-24-20(16-21-25(23(24)28)36-15-14-31(21)2)29-27(33)30-26(35)18-10-5-4-6-11-18/h3-6,9-11,16,19H,7-8,12-15,17H2,1-2H3,(H,29,30,35)/b9-3+/t19-/m1/s1. The molecule has 2 aliphatic rings. The van der Waals surface area contributed by atoms with Gasteiger partial charge in [-0.3, -0.25) is 14.9 Å². The molecule has 3 aromatic rings. The molecule has 188 valence electrons. The van der Waals surface area contributed by atoms with Crippen LogP contribution in [0.25, 0.3) is 11.0 Å². The molecular formula is C27H30ClN5O3. The normalized spacial score (nSPS) is 18.1. The van der Waals surface area contributed by atoms with E-state index in [4.69, 9.17) is 21.3 Å². The number of anilines is 2. The van der Waals surface area contributed by atoms with E-state index in [1.54, 1.807) is 24.3 Å². The van der Waals surface area contributed by atoms with E-state index >= 15 is 0 Å². The predicted octanol–water partition coefficient (Wildman–Crippen LogP) is 4.90. The Balaban J connectivity index is 1.64. The Morgan fingerprint density at radius 3 is 2.78 bits per heavy atom. The maximum atomic E-state index is 13.1. The second-order valence-corrected chi connectivity index (χ2v) is 9.61. The molecule has 5 rings (SSSR count). The van der Waals surface area contributed by atoms with Gasteiger partial charge in [0.1, 0.15) is 11.6 Å². The van der Waals surface area contributed by atoms with Gasteiger partial charge in [0.15, 0.2) is 5.75 Å². The minimum absolute atomic E-state index is 0.0165. The van der Waals surface area contributed by atoms with Crippen LogP contribution in [-0.4, -0.2) is 59.6 Å². The van der Waals surface area contributed by atoms with E-state index in [1.165, 1.54) is 0 Å². The number of hydrogen-bond acceptors (Lipinski definition) is 5. The molecule has 9 heteroatoms. The minimum Gasteiger partial charge on any atom is -0.488 e. The van der Waals surface area contributed by atoms with E-state index in [2.05, 4.69) is 10.2 Å². The molecular weight excluding hydrogens is 478 g/mol. The van der Waals surface area contributed by atoms with E-state index in [9.17, 15) is 9.59 Å². The summed E-state index contributed by atoms with van der Waals surface area (Å²) in [7, 11) is 1.99. The van der Waals surface area contributed by atoms with Crippen LogP contribution in [0, 0.1) is 0 Å². The molecule has 3 heterocycles. The number of ether oxygens (including phenoxy) is 1. The van der Waals surface area contributed by atoms with Gasteiger partial charge in [0.05, 0.1) is 29.3 Å². The third-order valence-electron chi connectivity index (χ3n) is 6.83. The average Bonchev–Trinajstić information content (AvgIpc) is 3.06. The van der Waals surface area contributed by atoms with Crippen LogP contribution in [0.1, 0.15) is 42.6 Å². The Kier molecular flexibility index (Phi) is 6.87. The Morgan fingerprint density at radius 1 is 1.19 bits per heavy atom. The topological polar surface area (TPSA) is 79.7 Å². The van der Waals surface area contributed by atoms with Crippen molar-refractivity contribution in [3.63, 3.8) is 0 Å². The van der Waals surface area contributed by atoms with Crippen molar-refractivity contribution in [2.45, 2.75) is 32.2 Å². The molecule has 2 amide bonds. The monoisotopic (exact) mass is 507 g/mol. The first kappa shape index (κ1) is 24.2. The number of carbonyl (C=O) groups excluding carboxylic acids is 2. The minimum atomic E-state index is -0.253. The number of nitrogens with zero attached hydrogens (tertiary/aromatic N) is 4. The zero-order valence-electron chi connectivity index (χ0n) is 20.5. The number of halogens is 1. The molecule has 1 saturated heterocycles. The molecule has 2 aliphatic heterocycles. The number of fused-ring (bicyclic) bond motifs is 2. The number of likely N-dealkylation sites (N-methyl/N-ethyl adjacent to an activating group) is 1. The van der Waals surface area contributed by atoms with Crippen molar-refractivity contribution >= 4 is 46.1 Å². The van der Waals surface area contributed by atoms with Gasteiger partial charge >= 0.3 is 0 Å². The van der Waals surface area contributed by atoms with Crippen molar-refractivity contribution in [3.8, 4) is 5.75 Å². The number of amides is 2. The van der Waals surface area contributed by atoms with Gasteiger partial charge in [-0.05, 0) is 50.5 Å². The van der Waals surface area contributed by atoms with E-state index < -0.39 is 0 Å². The van der Waals surface area contributed by atoms with Gasteiger partial charge in [0.25, 0.3) is 5.91 Å². The van der Waals surface area contributed by atoms with Gasteiger partial charge in [-0.15, -0.1) is 0 Å². The summed E-state index contributed by atoms with van der Waals surface area (Å²) in [5.74, 6) is 0.764. The number of imidazole rings is 1. The molecule has 36 heavy (non-hydrogen) atoms. The zero-order valence-corrected chi connectivity index (χ0v) is 21.3. The summed E-state index contributed by atoms with van der Waals surface area (Å²) in [6.45, 7) is 4.31. The Labute approximate surface area is 215 Å². The first-order valence-corrected chi connectivity index (χ1v) is 12.7. The molecule has 1 aromatic heterocycles. The van der Waals surface area contributed by atoms with Gasteiger partial charge in [-0.1, -0.05) is 35.9 Å². The first-order valence-electron chi connectivity index (χ1n) is 12.3. The van der Waals surface area contributed by atoms with Crippen molar-refractivity contribution in [1.29, 1.82) is 0 Å². The SMILES string of the molecule is C/C=C/C(=O)N1CCCC[C@@H](n2c(NC(=O)c3ccccc3)nc3cc4c(c(Cl)c32)OCCN4C)C1. The summed E-state index contributed by atoms with van der Waals surface area (Å²) in [6, 6.07) is 10.9. The van der Waals surface area contributed by atoms with Crippen molar-refractivity contribution in [2.24, 2.45) is 0 Å². The highest BCUT2D eigenvalue weighted by Crippen LogP contribution is 2.45. The molecule has 1 fully saturated rings. The lowest BCUT2D eigenvalue weighted by Crippen LogP contribution is -2.34. The van der Waals surface area contributed by atoms with Gasteiger partial charge < -0.3 is 19.1 Å². The van der Waals surface area contributed by atoms with E-state index in [0.29, 0.717) is 53.0 Å². The number of aromatic nitrogens is 2. The number of rotatable bonds is 4. The third-order valence-corrected chi connectivity index (χ3v) is 7.18. The summed E-state index contributed by atoms with van der Waals surface area (Å²) in [4.78, 5) is 34.7. The van der Waals surface area contributed by atoms with Crippen LogP contribution in [0.4, 0.5) is 11.6 Å². The first-order chi connectivity index (χ1) is 17.5. The lowest BCUT2D eigenvalue weighted by atomic mass is 10.1. The summed E-state index contributed by atoms with van der Waals surface area (Å²) in [5.41, 5.74) is 2.79. The maximum absolute atomic E-state index is 13.1. The van der Waals surface area contributed by atoms with Crippen LogP contribution in [-0.2, 0) is 4.79 Å². The van der Waals surface area contributed by atoms with E-state index in [1.807, 2.05) is 47.7 Å². The molecule has 2 aromatic carbocycles. The molecule has 0 spiro atoms. The molecule has 0 unspecified atom stereocenters. The van der Waals surface area contributed by atoms with Crippen molar-refractivity contribution in [1.82, 2.24) is 14.5 Å². The summed E-state index contributed by atoms with van der Waals surface area (Å²) in [5, 5.41) is 3.48. The molecule has 1 N–H and O–H groups in total. The molecule has 0 bridgehead atoms. The van der Waals surface area contributed by atoms with Crippen molar-refractivity contribution in [3.05, 3.63) is 59.1 Å². The molecule has 0 saturated carbocycles. The Bertz CT molecular complexity index is 1320. The van der Waals surface area contributed by atoms with Crippen LogP contribution < -0.4 is 15.0 Å². The molecule has 8 nitrogen and oxygen atoms in total. The van der Waals surface area contributed by atoms with Gasteiger partial charge in [0.2, 0.25) is 11.9 Å². The number of likely N-dealkylation sites (tertiary alicyclic amines) is 1. The zero-order chi connectivity index (χ0) is 25.2. The quantitative estimate of drug-likeness (QED) is 0.508. The number of benzene rings is 2. The van der Waals surface area contributed by atoms with Gasteiger partial charge in [-0.25, -0.2) is 4.98 Å². The fraction of sp³-hybridized carbons (Fsp3) is 0.370. The highest BCUT2D eigenvalue weighted by atomic mass is 35.5. The highest BCUT2D eigenvalue weighted by molar-refractivity contribution is 6.37. The maximum Gasteiger partial charge on any atom is 0.257 e. The fourth-order valence-corrected chi connectivity index (χ4v) is 5.33. The second-order valence-electron chi connectivity index (χ2n) is 9.24. The predicted molar refractivity (Wildman–Crippen MR) is 142 cm³/mol. The van der Waals surface area contributed by atoms with Crippen LogP contribution in [0.15, 0.2) is 48.6 Å². The molecule has 0 radical (unpaired) electrons. The van der Waals surface area contributed by atoms with Crippen molar-refractivity contribution < 1.29 is 14.3 Å².